The summed E-state index contributed by atoms with van der Waals surface area (Å²) in [6.07, 6.45) is 0.633. The van der Waals surface area contributed by atoms with Crippen LogP contribution in [0.2, 0.25) is 0 Å². The second-order valence-electron chi connectivity index (χ2n) is 4.80. The first-order chi connectivity index (χ1) is 10.0. The van der Waals surface area contributed by atoms with Crippen molar-refractivity contribution in [1.82, 2.24) is 4.98 Å². The molecule has 1 aromatic carbocycles. The fourth-order valence-corrected chi connectivity index (χ4v) is 4.95. The molecule has 110 valence electrons. The zero-order valence-electron chi connectivity index (χ0n) is 12.0. The molecule has 0 aliphatic heterocycles. The summed E-state index contributed by atoms with van der Waals surface area (Å²) in [6, 6.07) is 9.77. The summed E-state index contributed by atoms with van der Waals surface area (Å²) in [7, 11) is 0. The van der Waals surface area contributed by atoms with Gasteiger partial charge >= 0.3 is 129 Å². The molecule has 0 aliphatic rings. The maximum atomic E-state index is 11.2. The summed E-state index contributed by atoms with van der Waals surface area (Å²) in [5.41, 5.74) is 2.52. The van der Waals surface area contributed by atoms with Gasteiger partial charge in [0.05, 0.1) is 0 Å². The normalized spacial score (nSPS) is 11.2. The fraction of sp³-hybridized carbons (Fsp3) is 0.267. The first kappa shape index (κ1) is 15.7. The van der Waals surface area contributed by atoms with E-state index < -0.39 is 15.8 Å². The molecule has 1 aromatic heterocycles. The molecule has 1 heterocycles. The Balaban J connectivity index is 2.32. The molecule has 1 atom stereocenters. The number of rotatable bonds is 5. The number of aliphatic hydroxyl groups is 1. The minimum atomic E-state index is -0.780. The minimum absolute atomic E-state index is 0.129. The quantitative estimate of drug-likeness (QED) is 0.486. The summed E-state index contributed by atoms with van der Waals surface area (Å²) < 4.78 is 1.93. The van der Waals surface area contributed by atoms with Gasteiger partial charge in [-0.3, -0.25) is 0 Å². The van der Waals surface area contributed by atoms with E-state index in [0.717, 1.165) is 20.0 Å². The van der Waals surface area contributed by atoms with Crippen molar-refractivity contribution in [2.45, 2.75) is 20.3 Å². The van der Waals surface area contributed by atoms with Gasteiger partial charge in [-0.25, -0.2) is 0 Å². The molecule has 1 unspecified atom stereocenters. The number of aryl methyl sites for hydroxylation is 2. The maximum absolute atomic E-state index is 11.2. The van der Waals surface area contributed by atoms with Crippen molar-refractivity contribution in [3.05, 3.63) is 57.4 Å². The van der Waals surface area contributed by atoms with E-state index in [0.29, 0.717) is 12.1 Å². The van der Waals surface area contributed by atoms with Gasteiger partial charge in [0.1, 0.15) is 0 Å². The first-order valence-corrected chi connectivity index (χ1v) is 8.70. The van der Waals surface area contributed by atoms with Gasteiger partial charge < -0.3 is 0 Å². The second kappa shape index (κ2) is 6.83. The molecule has 0 radical (unpaired) electrons. The molecule has 2 aromatic rings. The molecule has 6 heteroatoms. The van der Waals surface area contributed by atoms with Gasteiger partial charge in [-0.1, -0.05) is 0 Å². The van der Waals surface area contributed by atoms with Crippen LogP contribution in [0.1, 0.15) is 17.0 Å². The molecule has 21 heavy (non-hydrogen) atoms. The van der Waals surface area contributed by atoms with E-state index in [-0.39, 0.29) is 17.2 Å². The number of nitro groups is 1. The molecule has 0 fully saturated rings. The Labute approximate surface area is 129 Å². The Kier molecular flexibility index (Phi) is 5.10. The third-order valence-electron chi connectivity index (χ3n) is 3.11. The summed E-state index contributed by atoms with van der Waals surface area (Å²) in [4.78, 5) is 15.1. The molecular weight excluding hydrogens is 331 g/mol. The van der Waals surface area contributed by atoms with Crippen molar-refractivity contribution in [2.75, 3.05) is 6.61 Å². The summed E-state index contributed by atoms with van der Waals surface area (Å²) in [5, 5.41) is 20.1. The predicted octanol–water partition coefficient (Wildman–Crippen LogP) is 0.529. The number of aliphatic hydroxyl groups excluding tert-OH is 1. The van der Waals surface area contributed by atoms with Crippen LogP contribution in [0.25, 0.3) is 0 Å². The van der Waals surface area contributed by atoms with Crippen LogP contribution in [0.4, 0.5) is 5.69 Å². The van der Waals surface area contributed by atoms with Crippen molar-refractivity contribution >= 4 is 30.1 Å². The van der Waals surface area contributed by atoms with E-state index in [4.69, 9.17) is 5.11 Å². The Morgan fingerprint density at radius 2 is 1.95 bits per heavy atom. The third kappa shape index (κ3) is 3.90. The number of hydrogen-bond acceptors (Lipinski definition) is 4. The van der Waals surface area contributed by atoms with Gasteiger partial charge in [-0.05, 0) is 0 Å². The Bertz CT molecular complexity index is 657. The van der Waals surface area contributed by atoms with E-state index >= 15 is 0 Å². The van der Waals surface area contributed by atoms with Crippen LogP contribution in [0.5, 0.6) is 0 Å². The van der Waals surface area contributed by atoms with E-state index in [1.807, 2.05) is 37.3 Å². The van der Waals surface area contributed by atoms with Crippen molar-refractivity contribution in [3.63, 3.8) is 0 Å². The predicted molar refractivity (Wildman–Crippen MR) is 84.0 cm³/mol. The molecule has 1 N–H and O–H groups in total. The van der Waals surface area contributed by atoms with Gasteiger partial charge in [0, 0.05) is 0 Å². The van der Waals surface area contributed by atoms with Crippen LogP contribution in [-0.2, 0) is 6.42 Å². The van der Waals surface area contributed by atoms with Crippen molar-refractivity contribution in [2.24, 2.45) is 0 Å². The zero-order chi connectivity index (χ0) is 15.4. The number of benzene rings is 1. The number of aromatic nitrogens is 1. The van der Waals surface area contributed by atoms with E-state index in [9.17, 15) is 10.1 Å². The third-order valence-corrected chi connectivity index (χ3v) is 5.78. The molecule has 0 saturated heterocycles. The average molecular weight is 348 g/mol. The van der Waals surface area contributed by atoms with Gasteiger partial charge in [0.25, 0.3) is 0 Å². The Morgan fingerprint density at radius 1 is 1.29 bits per heavy atom. The van der Waals surface area contributed by atoms with E-state index in [1.165, 1.54) is 0 Å². The van der Waals surface area contributed by atoms with Crippen LogP contribution in [0.3, 0.4) is 0 Å². The van der Waals surface area contributed by atoms with Gasteiger partial charge in [0.15, 0.2) is 0 Å². The van der Waals surface area contributed by atoms with Crippen molar-refractivity contribution < 1.29 is 10.0 Å². The molecular formula is C15H17AsN2O3. The van der Waals surface area contributed by atoms with Gasteiger partial charge in [-0.2, -0.15) is 0 Å². The number of hydrogen-bond donors (Lipinski definition) is 1. The Hall–Kier alpha value is -1.71. The molecule has 0 amide bonds. The number of nitrogens with zero attached hydrogens (tertiary/aromatic N) is 2. The van der Waals surface area contributed by atoms with E-state index in [1.54, 1.807) is 6.92 Å². The monoisotopic (exact) mass is 348 g/mol. The first-order valence-electron chi connectivity index (χ1n) is 6.60. The number of pyridine rings is 1. The molecule has 0 spiro atoms. The van der Waals surface area contributed by atoms with Crippen LogP contribution in [-0.4, -0.2) is 37.4 Å². The van der Waals surface area contributed by atoms with Crippen LogP contribution in [0.15, 0.2) is 30.3 Å². The second-order valence-corrected chi connectivity index (χ2v) is 7.66. The van der Waals surface area contributed by atoms with Crippen LogP contribution >= 0.6 is 0 Å². The van der Waals surface area contributed by atoms with Crippen LogP contribution < -0.4 is 8.70 Å². The van der Waals surface area contributed by atoms with Crippen molar-refractivity contribution in [3.8, 4) is 0 Å². The zero-order valence-corrected chi connectivity index (χ0v) is 14.1. The Morgan fingerprint density at radius 3 is 2.52 bits per heavy atom. The molecule has 0 bridgehead atoms. The molecule has 0 saturated carbocycles. The summed E-state index contributed by atoms with van der Waals surface area (Å²) in [5.74, 6) is 0. The summed E-state index contributed by atoms with van der Waals surface area (Å²) >= 11 is -0.780. The molecule has 5 nitrogen and oxygen atoms in total. The molecule has 0 aliphatic carbocycles. The standard InChI is InChI=1S/C15H17AsN2O3/c1-10-9-14(15(18(20)21)11(2)17-10)16-13-5-3-12(4-6-13)7-8-19/h3-6,9,16,19H,7-8H2,1-2H3. The SMILES string of the molecule is Cc1cc([AsH]c2ccc(CCO)cc2)c([N+](=O)[O-])c(C)n1. The van der Waals surface area contributed by atoms with E-state index in [2.05, 4.69) is 4.98 Å². The topological polar surface area (TPSA) is 76.3 Å². The van der Waals surface area contributed by atoms with Gasteiger partial charge in [-0.15, -0.1) is 0 Å². The van der Waals surface area contributed by atoms with Crippen molar-refractivity contribution in [1.29, 1.82) is 0 Å². The average Bonchev–Trinajstić information content (AvgIpc) is 2.40. The fourth-order valence-electron chi connectivity index (χ4n) is 2.19. The molecule has 2 rings (SSSR count). The van der Waals surface area contributed by atoms with Crippen LogP contribution in [0, 0.1) is 24.0 Å². The summed E-state index contributed by atoms with van der Waals surface area (Å²) in [6.45, 7) is 3.67. The van der Waals surface area contributed by atoms with Gasteiger partial charge in [0.2, 0.25) is 0 Å².